The first kappa shape index (κ1) is 39.9. The maximum Gasteiger partial charge on any atom is 3.00 e. The smallest absolute Gasteiger partial charge is 1.00 e. The summed E-state index contributed by atoms with van der Waals surface area (Å²) in [6, 6.07) is 0. The molecule has 0 spiro atoms. The number of halogens is 2. The Kier molecular flexibility index (Phi) is 72.9. The Balaban J connectivity index is -0.0000000426. The summed E-state index contributed by atoms with van der Waals surface area (Å²) < 4.78 is 0. The molecule has 0 aliphatic heterocycles. The Hall–Kier alpha value is 0.969. The molecule has 0 saturated heterocycles. The summed E-state index contributed by atoms with van der Waals surface area (Å²) >= 11 is 0. The van der Waals surface area contributed by atoms with Crippen molar-refractivity contribution in [2.45, 2.75) is 66.2 Å². The zero-order chi connectivity index (χ0) is 15.3. The molecule has 2 radical (unpaired) electrons. The molecule has 0 heterocycles. The monoisotopic (exact) mass is 438 g/mol. The van der Waals surface area contributed by atoms with E-state index < -0.39 is 0 Å². The summed E-state index contributed by atoms with van der Waals surface area (Å²) in [5.41, 5.74) is 0. The van der Waals surface area contributed by atoms with Crippen LogP contribution in [0.1, 0.15) is 66.2 Å². The Bertz CT molecular complexity index is 221. The molecule has 0 bridgehead atoms. The third-order valence-electron chi connectivity index (χ3n) is 2.33. The Morgan fingerprint density at radius 1 is 0.750 bits per heavy atom. The first-order valence-corrected chi connectivity index (χ1v) is 7.82. The van der Waals surface area contributed by atoms with Crippen LogP contribution in [0.5, 0.6) is 0 Å². The molecule has 24 heavy (non-hydrogen) atoms. The van der Waals surface area contributed by atoms with Crippen molar-refractivity contribution in [1.82, 2.24) is 0 Å². The van der Waals surface area contributed by atoms with Crippen LogP contribution in [0, 0.1) is 25.0 Å². The SMILES string of the molecule is C[CH-]CCC.C[CH-]CCC.[C-]1=CC=CC1.[C-]1=CC=CC1.[Cl-].[Cl-].[Ti+3].[Ti+3]. The van der Waals surface area contributed by atoms with E-state index in [-0.39, 0.29) is 68.2 Å². The Morgan fingerprint density at radius 3 is 1.12 bits per heavy atom. The molecule has 2 aliphatic carbocycles. The minimum absolute atomic E-state index is 0. The van der Waals surface area contributed by atoms with E-state index in [9.17, 15) is 0 Å². The molecule has 2 rings (SSSR count). The molecular formula is C20H32Cl2Ti2. The number of hydrogen-bond acceptors (Lipinski definition) is 0. The number of unbranched alkanes of at least 4 members (excludes halogenated alkanes) is 4. The maximum atomic E-state index is 2.99. The Labute approximate surface area is 194 Å². The standard InChI is InChI=1S/2C5H5.2C5H11.2ClH.2Ti/c2*1-2-4-5-3-1;2*1-3-5-4-2;;;;/h2*1-3H,4H2;2*3H,4-5H2,1-2H3;2*1H;;/q4*-1;;;2*+3/p-2. The van der Waals surface area contributed by atoms with Gasteiger partial charge in [-0.1, -0.05) is 26.7 Å². The van der Waals surface area contributed by atoms with Crippen molar-refractivity contribution in [1.29, 1.82) is 0 Å². The van der Waals surface area contributed by atoms with Crippen LogP contribution >= 0.6 is 0 Å². The molecule has 0 saturated carbocycles. The van der Waals surface area contributed by atoms with E-state index in [2.05, 4.69) is 64.8 Å². The van der Waals surface area contributed by atoms with Gasteiger partial charge in [0.25, 0.3) is 0 Å². The van der Waals surface area contributed by atoms with Gasteiger partial charge in [-0.2, -0.15) is 38.8 Å². The van der Waals surface area contributed by atoms with Crippen LogP contribution in [-0.4, -0.2) is 0 Å². The van der Waals surface area contributed by atoms with Crippen LogP contribution in [0.2, 0.25) is 0 Å². The van der Waals surface area contributed by atoms with Crippen molar-refractivity contribution in [3.05, 3.63) is 61.4 Å². The second-order valence-electron chi connectivity index (χ2n) is 4.40. The molecule has 0 aromatic rings. The molecule has 2 aliphatic rings. The maximum absolute atomic E-state index is 2.99. The molecule has 0 N–H and O–H groups in total. The second kappa shape index (κ2) is 43.9. The third kappa shape index (κ3) is 49.5. The molecule has 0 atom stereocenters. The first-order valence-electron chi connectivity index (χ1n) is 7.82. The second-order valence-corrected chi connectivity index (χ2v) is 4.40. The van der Waals surface area contributed by atoms with Gasteiger partial charge in [-0.3, -0.25) is 12.2 Å². The van der Waals surface area contributed by atoms with Crippen LogP contribution < -0.4 is 24.8 Å². The summed E-state index contributed by atoms with van der Waals surface area (Å²) in [4.78, 5) is 0. The van der Waals surface area contributed by atoms with E-state index in [0.717, 1.165) is 12.8 Å². The molecule has 134 valence electrons. The normalized spacial score (nSPS) is 10.8. The van der Waals surface area contributed by atoms with E-state index >= 15 is 0 Å². The van der Waals surface area contributed by atoms with Crippen LogP contribution in [0.4, 0.5) is 0 Å². The zero-order valence-electron chi connectivity index (χ0n) is 15.6. The van der Waals surface area contributed by atoms with Crippen molar-refractivity contribution < 1.29 is 68.2 Å². The topological polar surface area (TPSA) is 0 Å². The van der Waals surface area contributed by atoms with E-state index in [4.69, 9.17) is 0 Å². The van der Waals surface area contributed by atoms with E-state index in [0.29, 0.717) is 0 Å². The molecule has 0 amide bonds. The van der Waals surface area contributed by atoms with Gasteiger partial charge >= 0.3 is 43.4 Å². The molecule has 0 nitrogen and oxygen atoms in total. The predicted octanol–water partition coefficient (Wildman–Crippen LogP) is 0.636. The van der Waals surface area contributed by atoms with E-state index in [1.54, 1.807) is 0 Å². The van der Waals surface area contributed by atoms with Gasteiger partial charge in [-0.15, -0.1) is 12.8 Å². The van der Waals surface area contributed by atoms with Gasteiger partial charge in [0.2, 0.25) is 0 Å². The van der Waals surface area contributed by atoms with Crippen molar-refractivity contribution in [2.75, 3.05) is 0 Å². The van der Waals surface area contributed by atoms with Crippen molar-refractivity contribution in [3.63, 3.8) is 0 Å². The predicted molar refractivity (Wildman–Crippen MR) is 92.9 cm³/mol. The quantitative estimate of drug-likeness (QED) is 0.446. The van der Waals surface area contributed by atoms with Gasteiger partial charge in [-0.05, 0) is 0 Å². The summed E-state index contributed by atoms with van der Waals surface area (Å²) in [5.74, 6) is 0. The average Bonchev–Trinajstić information content (AvgIpc) is 3.20. The average molecular weight is 439 g/mol. The molecule has 0 fully saturated rings. The van der Waals surface area contributed by atoms with Gasteiger partial charge in [-0.25, -0.2) is 24.3 Å². The first-order chi connectivity index (χ1) is 9.83. The van der Waals surface area contributed by atoms with Gasteiger partial charge in [0.1, 0.15) is 0 Å². The van der Waals surface area contributed by atoms with Crippen LogP contribution in [0.3, 0.4) is 0 Å². The molecule has 0 aromatic heterocycles. The van der Waals surface area contributed by atoms with Crippen molar-refractivity contribution in [3.8, 4) is 0 Å². The minimum Gasteiger partial charge on any atom is -1.00 e. The number of rotatable bonds is 4. The van der Waals surface area contributed by atoms with Gasteiger partial charge in [0.15, 0.2) is 0 Å². The van der Waals surface area contributed by atoms with Crippen LogP contribution in [-0.2, 0) is 43.4 Å². The van der Waals surface area contributed by atoms with Gasteiger partial charge in [0, 0.05) is 0 Å². The molecule has 0 unspecified atom stereocenters. The summed E-state index contributed by atoms with van der Waals surface area (Å²) in [6.07, 6.45) is 29.5. The molecular weight excluding hydrogens is 407 g/mol. The van der Waals surface area contributed by atoms with E-state index in [1.165, 1.54) is 25.7 Å². The zero-order valence-corrected chi connectivity index (χ0v) is 20.3. The molecule has 4 heteroatoms. The van der Waals surface area contributed by atoms with Crippen LogP contribution in [0.25, 0.3) is 0 Å². The van der Waals surface area contributed by atoms with Crippen molar-refractivity contribution >= 4 is 0 Å². The number of hydrogen-bond donors (Lipinski definition) is 0. The fourth-order valence-electron chi connectivity index (χ4n) is 1.26. The summed E-state index contributed by atoms with van der Waals surface area (Å²) in [5, 5.41) is 0. The van der Waals surface area contributed by atoms with Gasteiger partial charge < -0.3 is 37.7 Å². The Morgan fingerprint density at radius 2 is 1.08 bits per heavy atom. The minimum atomic E-state index is 0. The number of allylic oxidation sites excluding steroid dienone is 8. The third-order valence-corrected chi connectivity index (χ3v) is 2.33. The largest absolute Gasteiger partial charge is 3.00 e. The molecule has 0 aromatic carbocycles. The van der Waals surface area contributed by atoms with Crippen molar-refractivity contribution in [2.24, 2.45) is 0 Å². The summed E-state index contributed by atoms with van der Waals surface area (Å²) in [6.45, 7) is 8.53. The summed E-state index contributed by atoms with van der Waals surface area (Å²) in [7, 11) is 0. The van der Waals surface area contributed by atoms with Crippen LogP contribution in [0.15, 0.2) is 36.5 Å². The van der Waals surface area contributed by atoms with E-state index in [1.807, 2.05) is 24.3 Å². The fourth-order valence-corrected chi connectivity index (χ4v) is 1.26. The van der Waals surface area contributed by atoms with Gasteiger partial charge in [0.05, 0.1) is 0 Å². The fraction of sp³-hybridized carbons (Fsp3) is 0.500.